The average molecular weight is 1070 g/mol. The summed E-state index contributed by atoms with van der Waals surface area (Å²) in [5.74, 6) is -3.24. The van der Waals surface area contributed by atoms with Crippen LogP contribution in [0.15, 0.2) is 91.0 Å². The normalized spacial score (nSPS) is 15.0. The Hall–Kier alpha value is -7.98. The van der Waals surface area contributed by atoms with Gasteiger partial charge in [-0.05, 0) is 53.1 Å². The zero-order valence-corrected chi connectivity index (χ0v) is 44.5. The van der Waals surface area contributed by atoms with Crippen molar-refractivity contribution in [2.75, 3.05) is 63.8 Å². The van der Waals surface area contributed by atoms with Crippen molar-refractivity contribution in [2.45, 2.75) is 17.8 Å². The second-order valence-electron chi connectivity index (χ2n) is 17.7. The van der Waals surface area contributed by atoms with E-state index in [0.717, 1.165) is 0 Å². The molecule has 15 nitrogen and oxygen atoms in total. The van der Waals surface area contributed by atoms with E-state index in [4.69, 9.17) is 63.2 Å². The number of amides is 3. The topological polar surface area (TPSA) is 190 Å². The first-order valence-electron chi connectivity index (χ1n) is 23.6. The van der Waals surface area contributed by atoms with E-state index >= 15 is 14.4 Å². The van der Waals surface area contributed by atoms with Crippen molar-refractivity contribution in [3.63, 3.8) is 0 Å². The number of likely N-dealkylation sites (N-methyl/N-ethyl adjacent to an activating group) is 3. The lowest BCUT2D eigenvalue weighted by Gasteiger charge is -2.22. The molecule has 6 bridgehead atoms. The molecule has 0 radical (unpaired) electrons. The third-order valence-corrected chi connectivity index (χ3v) is 14.9. The molecule has 10 rings (SSSR count). The van der Waals surface area contributed by atoms with Crippen molar-refractivity contribution >= 4 is 85.2 Å². The molecule has 6 N–H and O–H groups in total. The van der Waals surface area contributed by atoms with Crippen LogP contribution in [-0.4, -0.2) is 96.5 Å². The second kappa shape index (κ2) is 20.0. The highest BCUT2D eigenvalue weighted by molar-refractivity contribution is 6.31. The maximum absolute atomic E-state index is 15.4. The Morgan fingerprint density at radius 1 is 0.387 bits per heavy atom. The van der Waals surface area contributed by atoms with Crippen LogP contribution in [-0.2, 0) is 14.4 Å². The number of methoxy groups -OCH3 is 6. The lowest BCUT2D eigenvalue weighted by atomic mass is 9.84. The molecule has 0 fully saturated rings. The van der Waals surface area contributed by atoms with Crippen LogP contribution in [0.1, 0.15) is 51.5 Å². The van der Waals surface area contributed by atoms with E-state index in [2.05, 4.69) is 30.9 Å². The van der Waals surface area contributed by atoms with Crippen LogP contribution in [0.3, 0.4) is 0 Å². The number of hydrogen-bond donors (Lipinski definition) is 6. The lowest BCUT2D eigenvalue weighted by molar-refractivity contribution is -0.122. The number of benzene rings is 6. The van der Waals surface area contributed by atoms with E-state index < -0.39 is 35.5 Å². The van der Waals surface area contributed by atoms with Gasteiger partial charge in [0.15, 0.2) is 0 Å². The maximum atomic E-state index is 15.4. The highest BCUT2D eigenvalue weighted by Crippen LogP contribution is 2.57. The zero-order chi connectivity index (χ0) is 53.1. The number of fused-ring (bicyclic) bond motifs is 3. The first-order valence-corrected chi connectivity index (χ1v) is 24.8. The number of halogens is 3. The van der Waals surface area contributed by atoms with Crippen molar-refractivity contribution in [1.82, 2.24) is 30.9 Å². The summed E-state index contributed by atoms with van der Waals surface area (Å²) in [6.07, 6.45) is 0. The number of nitrogens with one attached hydrogen (secondary N) is 6. The lowest BCUT2D eigenvalue weighted by Crippen LogP contribution is -2.28. The molecule has 0 saturated heterocycles. The first kappa shape index (κ1) is 50.5. The van der Waals surface area contributed by atoms with Crippen molar-refractivity contribution in [1.29, 1.82) is 0 Å². The van der Waals surface area contributed by atoms with E-state index in [-0.39, 0.29) is 17.2 Å². The Morgan fingerprint density at radius 2 is 0.613 bits per heavy atom. The molecule has 6 aromatic carbocycles. The Labute approximate surface area is 446 Å². The van der Waals surface area contributed by atoms with Gasteiger partial charge < -0.3 is 59.3 Å². The maximum Gasteiger partial charge on any atom is 0.233 e. The van der Waals surface area contributed by atoms with Gasteiger partial charge in [0.1, 0.15) is 52.3 Å². The molecule has 18 heteroatoms. The van der Waals surface area contributed by atoms with Gasteiger partial charge in [-0.15, -0.1) is 0 Å². The number of H-pyrrole nitrogens is 3. The van der Waals surface area contributed by atoms with E-state index in [1.165, 1.54) is 21.3 Å². The van der Waals surface area contributed by atoms with Crippen LogP contribution in [0.4, 0.5) is 0 Å². The molecule has 3 atom stereocenters. The van der Waals surface area contributed by atoms with Crippen LogP contribution in [0, 0.1) is 0 Å². The van der Waals surface area contributed by atoms with Gasteiger partial charge in [-0.2, -0.15) is 0 Å². The Morgan fingerprint density at radius 3 is 0.813 bits per heavy atom. The van der Waals surface area contributed by atoms with Crippen molar-refractivity contribution in [3.8, 4) is 67.9 Å². The van der Waals surface area contributed by atoms with Gasteiger partial charge in [-0.25, -0.2) is 0 Å². The van der Waals surface area contributed by atoms with Gasteiger partial charge in [0.2, 0.25) is 17.7 Å². The number of aromatic amines is 3. The molecule has 1 aliphatic rings. The molecular formula is C57H51Cl3N6O9. The molecule has 75 heavy (non-hydrogen) atoms. The van der Waals surface area contributed by atoms with Crippen molar-refractivity contribution < 1.29 is 42.8 Å². The smallest absolute Gasteiger partial charge is 0.233 e. The third kappa shape index (κ3) is 7.99. The van der Waals surface area contributed by atoms with Crippen LogP contribution < -0.4 is 44.4 Å². The summed E-state index contributed by atoms with van der Waals surface area (Å²) in [5.41, 5.74) is 7.00. The minimum atomic E-state index is -1.25. The molecule has 4 heterocycles. The number of aromatic nitrogens is 3. The number of rotatable bonds is 12. The SMILES string of the molecule is CNC(=O)C1c2[nH]c3c(c(OC)cc(OC)c3c2-c2ccc(Cl)cc2)C(C(=O)NC)c2[nH]c3c(c(OC)cc(OC)c3c2-c2ccc(Cl)cc2)C(C(=O)NC)c2[nH]c3c1c(OC)cc(OC)c3c2-c1ccc(Cl)cc1. The molecule has 0 spiro atoms. The summed E-state index contributed by atoms with van der Waals surface area (Å²) >= 11 is 19.8. The molecule has 3 unspecified atom stereocenters. The third-order valence-electron chi connectivity index (χ3n) is 14.2. The number of ether oxygens (including phenoxy) is 6. The molecule has 0 saturated carbocycles. The molecule has 0 aliphatic carbocycles. The fourth-order valence-electron chi connectivity index (χ4n) is 11.0. The van der Waals surface area contributed by atoms with Gasteiger partial charge in [-0.1, -0.05) is 71.2 Å². The van der Waals surface area contributed by atoms with E-state index in [9.17, 15) is 0 Å². The predicted octanol–water partition coefficient (Wildman–Crippen LogP) is 11.1. The van der Waals surface area contributed by atoms with Crippen LogP contribution >= 0.6 is 34.8 Å². The molecular weight excluding hydrogens is 1020 g/mol. The van der Waals surface area contributed by atoms with Crippen LogP contribution in [0.5, 0.6) is 34.5 Å². The second-order valence-corrected chi connectivity index (χ2v) is 19.0. The average Bonchev–Trinajstić information content (AvgIpc) is 4.14. The number of hydrogen-bond acceptors (Lipinski definition) is 9. The Balaban J connectivity index is 1.57. The molecule has 1 aliphatic heterocycles. The van der Waals surface area contributed by atoms with Gasteiger partial charge in [0.25, 0.3) is 0 Å². The summed E-state index contributed by atoms with van der Waals surface area (Å²) in [7, 11) is 13.8. The highest BCUT2D eigenvalue weighted by Gasteiger charge is 2.43. The first-order chi connectivity index (χ1) is 36.3. The van der Waals surface area contributed by atoms with Gasteiger partial charge in [0.05, 0.1) is 75.4 Å². The number of carbonyl (C=O) groups is 3. The minimum absolute atomic E-state index is 0.267. The minimum Gasteiger partial charge on any atom is -0.496 e. The summed E-state index contributed by atoms with van der Waals surface area (Å²) in [4.78, 5) is 57.5. The molecule has 3 aromatic heterocycles. The van der Waals surface area contributed by atoms with E-state index in [0.29, 0.717) is 132 Å². The van der Waals surface area contributed by atoms with Crippen molar-refractivity contribution in [3.05, 3.63) is 140 Å². The van der Waals surface area contributed by atoms with E-state index in [1.807, 2.05) is 36.4 Å². The van der Waals surface area contributed by atoms with E-state index in [1.54, 1.807) is 97.1 Å². The summed E-state index contributed by atoms with van der Waals surface area (Å²) in [5, 5.41) is 11.8. The molecule has 3 amide bonds. The number of carbonyl (C=O) groups excluding carboxylic acids is 3. The van der Waals surface area contributed by atoms with Gasteiger partial charge >= 0.3 is 0 Å². The molecule has 9 aromatic rings. The van der Waals surface area contributed by atoms with Crippen LogP contribution in [0.2, 0.25) is 15.1 Å². The van der Waals surface area contributed by atoms with Crippen LogP contribution in [0.25, 0.3) is 66.1 Å². The highest BCUT2D eigenvalue weighted by atomic mass is 35.5. The van der Waals surface area contributed by atoms with Crippen molar-refractivity contribution in [2.24, 2.45) is 0 Å². The zero-order valence-electron chi connectivity index (χ0n) is 42.2. The van der Waals surface area contributed by atoms with Gasteiger partial charge in [-0.3, -0.25) is 14.4 Å². The summed E-state index contributed by atoms with van der Waals surface area (Å²) in [6, 6.07) is 26.8. The standard InChI is InChI=1S/C57H51Cl3N6O9/c1-61-55(67)46-43-34(73-7)22-31(70-4)41-38(26-12-18-29(59)19-13-26)50(65-52(41)43)48(57(69)63-3)45-36(75-9)24-33(72-6)42-39(27-14-20-30(60)21-15-27)51(66-54(42)45)47(56(68)62-2)44-35(74-8)23-32(71-5)40-37(49(46)64-53(40)44)25-10-16-28(58)17-11-25/h10-24,46-48,64-66H,1-9H3,(H,61,67)(H,62,68)(H,63,69). The largest absolute Gasteiger partial charge is 0.496 e. The Kier molecular flexibility index (Phi) is 13.5. The molecule has 384 valence electrons. The summed E-state index contributed by atoms with van der Waals surface area (Å²) < 4.78 is 37.8. The monoisotopic (exact) mass is 1070 g/mol. The fourth-order valence-corrected chi connectivity index (χ4v) is 11.4. The van der Waals surface area contributed by atoms with Gasteiger partial charge in [0, 0.05) is 105 Å². The Bertz CT molecular complexity index is 3370. The predicted molar refractivity (Wildman–Crippen MR) is 293 cm³/mol. The quantitative estimate of drug-likeness (QED) is 0.0691. The fraction of sp³-hybridized carbons (Fsp3) is 0.211. The summed E-state index contributed by atoms with van der Waals surface area (Å²) in [6.45, 7) is 0.